The number of benzene rings is 2. The molecule has 0 unspecified atom stereocenters. The van der Waals surface area contributed by atoms with Crippen LogP contribution in [0.5, 0.6) is 5.75 Å². The van der Waals surface area contributed by atoms with Gasteiger partial charge in [0.2, 0.25) is 5.95 Å². The fourth-order valence-electron chi connectivity index (χ4n) is 6.49. The van der Waals surface area contributed by atoms with Gasteiger partial charge in [0.15, 0.2) is 0 Å². The zero-order chi connectivity index (χ0) is 35.5. The predicted octanol–water partition coefficient (Wildman–Crippen LogP) is 7.21. The number of para-hydroxylation sites is 1. The molecule has 1 aromatic heterocycles. The van der Waals surface area contributed by atoms with E-state index in [1.165, 1.54) is 11.1 Å². The summed E-state index contributed by atoms with van der Waals surface area (Å²) >= 11 is 0. The summed E-state index contributed by atoms with van der Waals surface area (Å²) in [6.45, 7) is 20.5. The van der Waals surface area contributed by atoms with Crippen molar-refractivity contribution in [2.24, 2.45) is 5.92 Å². The Kier molecular flexibility index (Phi) is 10.9. The molecule has 2 aliphatic heterocycles. The molecule has 49 heavy (non-hydrogen) atoms. The number of aromatic nitrogens is 2. The number of rotatable bonds is 8. The highest BCUT2D eigenvalue weighted by Gasteiger charge is 2.38. The number of amides is 1. The topological polar surface area (TPSA) is 103 Å². The lowest BCUT2D eigenvalue weighted by molar-refractivity contribution is -0.166. The Morgan fingerprint density at radius 2 is 1.71 bits per heavy atom. The standard InChI is InChI=1S/C39H52N4O6/c1-10-46-33-23-42(19-16-30(33)35(44)48-38(4,5)6)36-40-17-14-32(41-36)29-13-11-12-25(2)34(29)47-24-27-20-26(3)31-22-43(18-15-28(31)21-27)37(45)49-39(7,8)9/h11-14,17,20-21,30,33H,10,15-16,18-19,22-24H2,1-9H3/t30-,33+/m0/s1. The Balaban J connectivity index is 1.31. The molecule has 1 saturated heterocycles. The summed E-state index contributed by atoms with van der Waals surface area (Å²) in [4.78, 5) is 39.2. The number of anilines is 1. The Hall–Kier alpha value is -4.18. The van der Waals surface area contributed by atoms with Crippen molar-refractivity contribution in [1.29, 1.82) is 0 Å². The number of carbonyl (C=O) groups is 2. The van der Waals surface area contributed by atoms with Crippen LogP contribution in [-0.2, 0) is 38.6 Å². The summed E-state index contributed by atoms with van der Waals surface area (Å²) < 4.78 is 23.9. The maximum Gasteiger partial charge on any atom is 0.410 e. The Morgan fingerprint density at radius 3 is 2.43 bits per heavy atom. The van der Waals surface area contributed by atoms with Gasteiger partial charge in [-0.1, -0.05) is 24.3 Å². The van der Waals surface area contributed by atoms with Gasteiger partial charge in [0.1, 0.15) is 23.6 Å². The van der Waals surface area contributed by atoms with E-state index in [2.05, 4.69) is 28.9 Å². The van der Waals surface area contributed by atoms with E-state index in [1.54, 1.807) is 11.1 Å². The third kappa shape index (κ3) is 9.09. The third-order valence-electron chi connectivity index (χ3n) is 8.72. The summed E-state index contributed by atoms with van der Waals surface area (Å²) in [6.07, 6.45) is 2.53. The van der Waals surface area contributed by atoms with Crippen LogP contribution in [0.2, 0.25) is 0 Å². The highest BCUT2D eigenvalue weighted by Crippen LogP contribution is 2.35. The van der Waals surface area contributed by atoms with E-state index in [1.807, 2.05) is 79.7 Å². The number of hydrogen-bond donors (Lipinski definition) is 0. The first kappa shape index (κ1) is 36.1. The molecule has 10 nitrogen and oxygen atoms in total. The Labute approximate surface area is 291 Å². The number of hydrogen-bond acceptors (Lipinski definition) is 9. The number of ether oxygens (including phenoxy) is 4. The molecule has 0 saturated carbocycles. The second kappa shape index (κ2) is 14.7. The van der Waals surface area contributed by atoms with Gasteiger partial charge in [-0.05, 0) is 115 Å². The molecule has 0 bridgehead atoms. The number of carbonyl (C=O) groups excluding carboxylic acids is 2. The van der Waals surface area contributed by atoms with Crippen LogP contribution in [0.15, 0.2) is 42.6 Å². The van der Waals surface area contributed by atoms with Crippen molar-refractivity contribution in [3.8, 4) is 17.0 Å². The second-order valence-corrected chi connectivity index (χ2v) is 15.1. The highest BCUT2D eigenvalue weighted by molar-refractivity contribution is 5.74. The van der Waals surface area contributed by atoms with Gasteiger partial charge < -0.3 is 28.7 Å². The molecular weight excluding hydrogens is 620 g/mol. The van der Waals surface area contributed by atoms with E-state index in [9.17, 15) is 9.59 Å². The quantitative estimate of drug-likeness (QED) is 0.230. The Morgan fingerprint density at radius 1 is 0.959 bits per heavy atom. The summed E-state index contributed by atoms with van der Waals surface area (Å²) in [7, 11) is 0. The maximum absolute atomic E-state index is 13.0. The monoisotopic (exact) mass is 672 g/mol. The van der Waals surface area contributed by atoms with Gasteiger partial charge in [0, 0.05) is 44.5 Å². The van der Waals surface area contributed by atoms with E-state index in [4.69, 9.17) is 23.9 Å². The van der Waals surface area contributed by atoms with Crippen LogP contribution in [-0.4, -0.2) is 70.5 Å². The molecule has 0 N–H and O–H groups in total. The first-order valence-corrected chi connectivity index (χ1v) is 17.4. The molecule has 5 rings (SSSR count). The molecule has 3 aromatic rings. The molecule has 0 radical (unpaired) electrons. The van der Waals surface area contributed by atoms with Gasteiger partial charge in [0.25, 0.3) is 0 Å². The fourth-order valence-corrected chi connectivity index (χ4v) is 6.49. The van der Waals surface area contributed by atoms with Crippen molar-refractivity contribution in [2.75, 3.05) is 31.1 Å². The lowest BCUT2D eigenvalue weighted by Gasteiger charge is -2.38. The van der Waals surface area contributed by atoms with Crippen molar-refractivity contribution >= 4 is 18.0 Å². The molecule has 1 fully saturated rings. The molecule has 2 aliphatic rings. The summed E-state index contributed by atoms with van der Waals surface area (Å²) in [6, 6.07) is 12.3. The van der Waals surface area contributed by atoms with E-state index in [0.717, 1.165) is 40.1 Å². The molecule has 10 heteroatoms. The van der Waals surface area contributed by atoms with Crippen LogP contribution in [0.1, 0.15) is 82.7 Å². The molecule has 2 atom stereocenters. The predicted molar refractivity (Wildman–Crippen MR) is 190 cm³/mol. The van der Waals surface area contributed by atoms with Crippen LogP contribution in [0.25, 0.3) is 11.3 Å². The summed E-state index contributed by atoms with van der Waals surface area (Å²) in [5, 5.41) is 0. The van der Waals surface area contributed by atoms with Crippen molar-refractivity contribution < 1.29 is 28.5 Å². The summed E-state index contributed by atoms with van der Waals surface area (Å²) in [5.41, 5.74) is 6.20. The highest BCUT2D eigenvalue weighted by atomic mass is 16.6. The first-order valence-electron chi connectivity index (χ1n) is 17.4. The van der Waals surface area contributed by atoms with Crippen molar-refractivity contribution in [3.63, 3.8) is 0 Å². The smallest absolute Gasteiger partial charge is 0.410 e. The van der Waals surface area contributed by atoms with Crippen LogP contribution in [0.3, 0.4) is 0 Å². The molecule has 2 aromatic carbocycles. The largest absolute Gasteiger partial charge is 0.488 e. The van der Waals surface area contributed by atoms with Gasteiger partial charge >= 0.3 is 12.1 Å². The normalized spacial score (nSPS) is 18.1. The lowest BCUT2D eigenvalue weighted by atomic mass is 9.93. The van der Waals surface area contributed by atoms with Gasteiger partial charge in [-0.15, -0.1) is 0 Å². The van der Waals surface area contributed by atoms with Gasteiger partial charge in [-0.2, -0.15) is 0 Å². The minimum Gasteiger partial charge on any atom is -0.488 e. The number of aryl methyl sites for hydroxylation is 2. The first-order chi connectivity index (χ1) is 23.1. The van der Waals surface area contributed by atoms with Gasteiger partial charge in [-0.25, -0.2) is 14.8 Å². The molecule has 264 valence electrons. The molecule has 3 heterocycles. The zero-order valence-electron chi connectivity index (χ0n) is 30.6. The van der Waals surface area contributed by atoms with Crippen LogP contribution < -0.4 is 9.64 Å². The number of fused-ring (bicyclic) bond motifs is 1. The average Bonchev–Trinajstić information content (AvgIpc) is 3.02. The minimum absolute atomic E-state index is 0.223. The zero-order valence-corrected chi connectivity index (χ0v) is 30.6. The second-order valence-electron chi connectivity index (χ2n) is 15.1. The van der Waals surface area contributed by atoms with Crippen LogP contribution in [0.4, 0.5) is 10.7 Å². The van der Waals surface area contributed by atoms with E-state index in [0.29, 0.717) is 51.8 Å². The van der Waals surface area contributed by atoms with Crippen LogP contribution >= 0.6 is 0 Å². The average molecular weight is 673 g/mol. The minimum atomic E-state index is -0.556. The SMILES string of the molecule is CCO[C@@H]1CN(c2nccc(-c3cccc(C)c3OCc3cc(C)c4c(c3)CCN(C(=O)OC(C)(C)C)C4)n2)CC[C@@H]1C(=O)OC(C)(C)C. The van der Waals surface area contributed by atoms with E-state index < -0.39 is 11.2 Å². The Bertz CT molecular complexity index is 1660. The molecule has 0 aliphatic carbocycles. The molecular formula is C39H52N4O6. The van der Waals surface area contributed by atoms with E-state index >= 15 is 0 Å². The van der Waals surface area contributed by atoms with Crippen LogP contribution in [0, 0.1) is 19.8 Å². The number of piperidine rings is 1. The number of esters is 1. The molecule has 0 spiro atoms. The number of nitrogens with zero attached hydrogens (tertiary/aromatic N) is 4. The fraction of sp³-hybridized carbons (Fsp3) is 0.538. The van der Waals surface area contributed by atoms with Crippen molar-refractivity contribution in [2.45, 2.75) is 106 Å². The third-order valence-corrected chi connectivity index (χ3v) is 8.72. The molecule has 1 amide bonds. The van der Waals surface area contributed by atoms with E-state index in [-0.39, 0.29) is 24.1 Å². The summed E-state index contributed by atoms with van der Waals surface area (Å²) in [5.74, 6) is 0.794. The van der Waals surface area contributed by atoms with Crippen molar-refractivity contribution in [1.82, 2.24) is 14.9 Å². The lowest BCUT2D eigenvalue weighted by Crippen LogP contribution is -2.49. The van der Waals surface area contributed by atoms with Gasteiger partial charge in [-0.3, -0.25) is 4.79 Å². The maximum atomic E-state index is 13.0. The van der Waals surface area contributed by atoms with Gasteiger partial charge in [0.05, 0.1) is 17.7 Å². The van der Waals surface area contributed by atoms with Crippen molar-refractivity contribution in [3.05, 3.63) is 70.4 Å².